The number of rotatable bonds is 1. The number of phenols is 1. The van der Waals surface area contributed by atoms with Gasteiger partial charge in [-0.2, -0.15) is 5.26 Å². The van der Waals surface area contributed by atoms with E-state index in [4.69, 9.17) is 5.26 Å². The Labute approximate surface area is 106 Å². The van der Waals surface area contributed by atoms with Crippen molar-refractivity contribution in [3.8, 4) is 11.8 Å². The van der Waals surface area contributed by atoms with Gasteiger partial charge in [-0.1, -0.05) is 12.1 Å². The summed E-state index contributed by atoms with van der Waals surface area (Å²) in [5.41, 5.74) is 1.05. The summed E-state index contributed by atoms with van der Waals surface area (Å²) < 4.78 is 0. The van der Waals surface area contributed by atoms with Crippen molar-refractivity contribution in [1.29, 1.82) is 5.26 Å². The summed E-state index contributed by atoms with van der Waals surface area (Å²) >= 11 is 0. The van der Waals surface area contributed by atoms with E-state index in [0.29, 0.717) is 24.2 Å². The Morgan fingerprint density at radius 1 is 1.44 bits per heavy atom. The number of aromatic hydroxyl groups is 1. The molecule has 0 saturated carbocycles. The lowest BCUT2D eigenvalue weighted by atomic mass is 9.97. The Kier molecular flexibility index (Phi) is 3.52. The molecule has 18 heavy (non-hydrogen) atoms. The molecule has 1 aromatic rings. The van der Waals surface area contributed by atoms with Crippen LogP contribution < -0.4 is 0 Å². The molecule has 0 aliphatic carbocycles. The molecule has 0 aromatic heterocycles. The number of aryl methyl sites for hydroxylation is 1. The van der Waals surface area contributed by atoms with E-state index in [1.165, 1.54) is 0 Å². The number of piperidine rings is 1. The molecular formula is C14H16N2O2. The topological polar surface area (TPSA) is 64.3 Å². The Hall–Kier alpha value is -2.02. The summed E-state index contributed by atoms with van der Waals surface area (Å²) in [4.78, 5) is 14.0. The summed E-state index contributed by atoms with van der Waals surface area (Å²) in [5, 5.41) is 18.7. The second kappa shape index (κ2) is 5.09. The first-order valence-electron chi connectivity index (χ1n) is 6.11. The Balaban J connectivity index is 2.13. The number of likely N-dealkylation sites (tertiary alicyclic amines) is 1. The van der Waals surface area contributed by atoms with Gasteiger partial charge in [-0.15, -0.1) is 0 Å². The molecule has 1 aliphatic rings. The third kappa shape index (κ3) is 2.30. The third-order valence-corrected chi connectivity index (χ3v) is 3.43. The van der Waals surface area contributed by atoms with Gasteiger partial charge >= 0.3 is 0 Å². The molecule has 1 aromatic carbocycles. The minimum absolute atomic E-state index is 0.0557. The molecule has 0 unspecified atom stereocenters. The lowest BCUT2D eigenvalue weighted by Crippen LogP contribution is -2.38. The fraction of sp³-hybridized carbons (Fsp3) is 0.429. The zero-order valence-electron chi connectivity index (χ0n) is 10.4. The molecule has 2 rings (SSSR count). The van der Waals surface area contributed by atoms with Crippen molar-refractivity contribution in [2.45, 2.75) is 19.8 Å². The minimum Gasteiger partial charge on any atom is -0.507 e. The van der Waals surface area contributed by atoms with Crippen molar-refractivity contribution in [2.75, 3.05) is 13.1 Å². The average Bonchev–Trinajstić information content (AvgIpc) is 2.41. The normalized spacial score (nSPS) is 16.3. The molecule has 1 heterocycles. The number of carbonyl (C=O) groups excluding carboxylic acids is 1. The lowest BCUT2D eigenvalue weighted by molar-refractivity contribution is 0.0704. The van der Waals surface area contributed by atoms with Gasteiger partial charge in [0.05, 0.1) is 11.6 Å². The van der Waals surface area contributed by atoms with Crippen LogP contribution in [0, 0.1) is 24.2 Å². The van der Waals surface area contributed by atoms with Crippen LogP contribution in [0.1, 0.15) is 28.8 Å². The van der Waals surface area contributed by atoms with Gasteiger partial charge in [0.15, 0.2) is 0 Å². The highest BCUT2D eigenvalue weighted by Gasteiger charge is 2.25. The summed E-state index contributed by atoms with van der Waals surface area (Å²) in [6.45, 7) is 2.95. The van der Waals surface area contributed by atoms with Crippen LogP contribution in [0.5, 0.6) is 5.75 Å². The first-order chi connectivity index (χ1) is 8.63. The standard InChI is InChI=1S/C14H16N2O2/c1-10-3-2-4-12(13(10)17)14(18)16-7-5-11(9-15)6-8-16/h2-4,11,17H,5-8H2,1H3. The van der Waals surface area contributed by atoms with Crippen LogP contribution in [0.4, 0.5) is 0 Å². The molecule has 0 atom stereocenters. The predicted molar refractivity (Wildman–Crippen MR) is 67.1 cm³/mol. The van der Waals surface area contributed by atoms with Crippen molar-refractivity contribution >= 4 is 5.91 Å². The van der Waals surface area contributed by atoms with Gasteiger partial charge < -0.3 is 10.0 Å². The first kappa shape index (κ1) is 12.4. The Morgan fingerprint density at radius 3 is 2.72 bits per heavy atom. The Bertz CT molecular complexity index is 497. The van der Waals surface area contributed by atoms with Crippen LogP contribution in [0.15, 0.2) is 18.2 Å². The maximum atomic E-state index is 12.3. The fourth-order valence-electron chi connectivity index (χ4n) is 2.21. The van der Waals surface area contributed by atoms with Crippen LogP contribution >= 0.6 is 0 Å². The Morgan fingerprint density at radius 2 is 2.11 bits per heavy atom. The van der Waals surface area contributed by atoms with E-state index >= 15 is 0 Å². The van der Waals surface area contributed by atoms with Gasteiger partial charge in [0, 0.05) is 19.0 Å². The quantitative estimate of drug-likeness (QED) is 0.822. The van der Waals surface area contributed by atoms with E-state index in [1.807, 2.05) is 0 Å². The summed E-state index contributed by atoms with van der Waals surface area (Å²) in [5.74, 6) is -0.0300. The molecule has 1 saturated heterocycles. The van der Waals surface area contributed by atoms with Crippen molar-refractivity contribution in [3.05, 3.63) is 29.3 Å². The number of nitrogens with zero attached hydrogens (tertiary/aromatic N) is 2. The maximum absolute atomic E-state index is 12.3. The zero-order chi connectivity index (χ0) is 13.1. The summed E-state index contributed by atoms with van der Waals surface area (Å²) in [7, 11) is 0. The van der Waals surface area contributed by atoms with Gasteiger partial charge in [0.2, 0.25) is 0 Å². The first-order valence-corrected chi connectivity index (χ1v) is 6.11. The molecule has 0 bridgehead atoms. The number of benzene rings is 1. The highest BCUT2D eigenvalue weighted by molar-refractivity contribution is 5.97. The van der Waals surface area contributed by atoms with Gasteiger partial charge in [-0.3, -0.25) is 4.79 Å². The zero-order valence-corrected chi connectivity index (χ0v) is 10.4. The van der Waals surface area contributed by atoms with E-state index < -0.39 is 0 Å². The molecule has 1 aliphatic heterocycles. The molecule has 4 heteroatoms. The minimum atomic E-state index is -0.146. The van der Waals surface area contributed by atoms with E-state index in [0.717, 1.165) is 12.8 Å². The van der Waals surface area contributed by atoms with Crippen molar-refractivity contribution in [3.63, 3.8) is 0 Å². The smallest absolute Gasteiger partial charge is 0.257 e. The number of amides is 1. The second-order valence-electron chi connectivity index (χ2n) is 4.67. The summed E-state index contributed by atoms with van der Waals surface area (Å²) in [6, 6.07) is 7.42. The van der Waals surface area contributed by atoms with Gasteiger partial charge in [-0.25, -0.2) is 0 Å². The maximum Gasteiger partial charge on any atom is 0.257 e. The summed E-state index contributed by atoms with van der Waals surface area (Å²) in [6.07, 6.45) is 1.43. The number of hydrogen-bond donors (Lipinski definition) is 1. The second-order valence-corrected chi connectivity index (χ2v) is 4.67. The van der Waals surface area contributed by atoms with Crippen molar-refractivity contribution in [1.82, 2.24) is 4.90 Å². The average molecular weight is 244 g/mol. The highest BCUT2D eigenvalue weighted by Crippen LogP contribution is 2.25. The number of carbonyl (C=O) groups is 1. The van der Waals surface area contributed by atoms with Gasteiger partial charge in [-0.05, 0) is 31.4 Å². The number of phenolic OH excluding ortho intramolecular Hbond substituents is 1. The molecule has 1 fully saturated rings. The molecule has 1 amide bonds. The van der Waals surface area contributed by atoms with Gasteiger partial charge in [0.1, 0.15) is 5.75 Å². The predicted octanol–water partition coefficient (Wildman–Crippen LogP) is 2.08. The van der Waals surface area contributed by atoms with Crippen LogP contribution in [-0.4, -0.2) is 29.0 Å². The van der Waals surface area contributed by atoms with Gasteiger partial charge in [0.25, 0.3) is 5.91 Å². The van der Waals surface area contributed by atoms with Crippen LogP contribution in [0.3, 0.4) is 0 Å². The number of para-hydroxylation sites is 1. The lowest BCUT2D eigenvalue weighted by Gasteiger charge is -2.29. The number of hydrogen-bond acceptors (Lipinski definition) is 3. The number of nitriles is 1. The highest BCUT2D eigenvalue weighted by atomic mass is 16.3. The molecule has 1 N–H and O–H groups in total. The van der Waals surface area contributed by atoms with E-state index in [1.54, 1.807) is 30.0 Å². The third-order valence-electron chi connectivity index (χ3n) is 3.43. The monoisotopic (exact) mass is 244 g/mol. The van der Waals surface area contributed by atoms with Crippen molar-refractivity contribution < 1.29 is 9.90 Å². The van der Waals surface area contributed by atoms with Crippen LogP contribution in [0.25, 0.3) is 0 Å². The van der Waals surface area contributed by atoms with Crippen LogP contribution in [-0.2, 0) is 0 Å². The molecule has 94 valence electrons. The largest absolute Gasteiger partial charge is 0.507 e. The molecular weight excluding hydrogens is 228 g/mol. The SMILES string of the molecule is Cc1cccc(C(=O)N2CCC(C#N)CC2)c1O. The molecule has 4 nitrogen and oxygen atoms in total. The fourth-order valence-corrected chi connectivity index (χ4v) is 2.21. The van der Waals surface area contributed by atoms with Crippen LogP contribution in [0.2, 0.25) is 0 Å². The van der Waals surface area contributed by atoms with E-state index in [2.05, 4.69) is 6.07 Å². The van der Waals surface area contributed by atoms with Crippen molar-refractivity contribution in [2.24, 2.45) is 5.92 Å². The molecule has 0 spiro atoms. The van der Waals surface area contributed by atoms with E-state index in [9.17, 15) is 9.90 Å². The molecule has 0 radical (unpaired) electrons. The van der Waals surface area contributed by atoms with E-state index in [-0.39, 0.29) is 17.6 Å².